The number of imidazole rings is 1. The third-order valence-corrected chi connectivity index (χ3v) is 3.77. The molecule has 98 valence electrons. The number of hydrogen-bond donors (Lipinski definition) is 0. The van der Waals surface area contributed by atoms with Gasteiger partial charge in [-0.05, 0) is 32.6 Å². The molecule has 1 aromatic heterocycles. The topological polar surface area (TPSA) is 47.2 Å². The smallest absolute Gasteiger partial charge is 0.328 e. The minimum absolute atomic E-state index is 0.0438. The van der Waals surface area contributed by atoms with Gasteiger partial charge < -0.3 is 4.90 Å². The van der Waals surface area contributed by atoms with Crippen LogP contribution in [0.4, 0.5) is 0 Å². The summed E-state index contributed by atoms with van der Waals surface area (Å²) in [6.07, 6.45) is 7.93. The number of carbonyl (C=O) groups is 1. The van der Waals surface area contributed by atoms with Gasteiger partial charge >= 0.3 is 5.69 Å². The monoisotopic (exact) mass is 249 g/mol. The van der Waals surface area contributed by atoms with E-state index >= 15 is 0 Å². The van der Waals surface area contributed by atoms with Crippen LogP contribution in [0.2, 0.25) is 0 Å². The van der Waals surface area contributed by atoms with Crippen LogP contribution < -0.4 is 5.69 Å². The molecule has 1 aromatic rings. The molecule has 0 unspecified atom stereocenters. The van der Waals surface area contributed by atoms with Crippen LogP contribution in [-0.2, 0) is 11.3 Å². The van der Waals surface area contributed by atoms with Crippen LogP contribution in [-0.4, -0.2) is 32.5 Å². The van der Waals surface area contributed by atoms with Gasteiger partial charge in [0.25, 0.3) is 0 Å². The maximum absolute atomic E-state index is 12.1. The standard InChI is InChI=1S/C13H19N3O2/c1-2-15(10-3-4-10)12(17)9-14-7-8-16(13(14)18)11-5-6-11/h7-8,10-11H,2-6,9H2,1H3. The molecule has 0 atom stereocenters. The number of nitrogens with zero attached hydrogens (tertiary/aromatic N) is 3. The summed E-state index contributed by atoms with van der Waals surface area (Å²) in [7, 11) is 0. The van der Waals surface area contributed by atoms with E-state index in [0.717, 1.165) is 32.2 Å². The molecule has 0 aromatic carbocycles. The molecule has 5 heteroatoms. The summed E-state index contributed by atoms with van der Waals surface area (Å²) in [5, 5.41) is 0. The zero-order valence-electron chi connectivity index (χ0n) is 10.7. The molecular weight excluding hydrogens is 230 g/mol. The Bertz CT molecular complexity index is 509. The quantitative estimate of drug-likeness (QED) is 0.781. The van der Waals surface area contributed by atoms with E-state index in [4.69, 9.17) is 0 Å². The molecule has 0 radical (unpaired) electrons. The Hall–Kier alpha value is -1.52. The van der Waals surface area contributed by atoms with Crippen LogP contribution in [0.5, 0.6) is 0 Å². The fraction of sp³-hybridized carbons (Fsp3) is 0.692. The van der Waals surface area contributed by atoms with Crippen molar-refractivity contribution in [2.75, 3.05) is 6.54 Å². The van der Waals surface area contributed by atoms with Gasteiger partial charge in [-0.25, -0.2) is 4.79 Å². The molecule has 2 aliphatic carbocycles. The molecule has 2 fully saturated rings. The van der Waals surface area contributed by atoms with Crippen LogP contribution in [0.1, 0.15) is 38.6 Å². The molecule has 1 amide bonds. The molecule has 2 saturated carbocycles. The second kappa shape index (κ2) is 4.30. The first-order valence-corrected chi connectivity index (χ1v) is 6.77. The average molecular weight is 249 g/mol. The zero-order chi connectivity index (χ0) is 12.7. The van der Waals surface area contributed by atoms with Crippen molar-refractivity contribution in [3.05, 3.63) is 22.9 Å². The predicted molar refractivity (Wildman–Crippen MR) is 67.4 cm³/mol. The second-order valence-corrected chi connectivity index (χ2v) is 5.26. The first kappa shape index (κ1) is 11.6. The Kier molecular flexibility index (Phi) is 2.76. The Balaban J connectivity index is 1.71. The highest BCUT2D eigenvalue weighted by Crippen LogP contribution is 2.33. The van der Waals surface area contributed by atoms with Crippen LogP contribution in [0.3, 0.4) is 0 Å². The lowest BCUT2D eigenvalue weighted by Gasteiger charge is -2.20. The van der Waals surface area contributed by atoms with Gasteiger partial charge in [-0.3, -0.25) is 13.9 Å². The summed E-state index contributed by atoms with van der Waals surface area (Å²) < 4.78 is 3.28. The number of amides is 1. The Morgan fingerprint density at radius 1 is 1.33 bits per heavy atom. The van der Waals surface area contributed by atoms with Gasteiger partial charge in [-0.2, -0.15) is 0 Å². The zero-order valence-corrected chi connectivity index (χ0v) is 10.7. The third-order valence-electron chi connectivity index (χ3n) is 3.77. The highest BCUT2D eigenvalue weighted by molar-refractivity contribution is 5.76. The molecule has 0 N–H and O–H groups in total. The fourth-order valence-electron chi connectivity index (χ4n) is 2.44. The molecule has 3 rings (SSSR count). The summed E-state index contributed by atoms with van der Waals surface area (Å²) >= 11 is 0. The summed E-state index contributed by atoms with van der Waals surface area (Å²) in [5.41, 5.74) is -0.0438. The van der Waals surface area contributed by atoms with Crippen molar-refractivity contribution in [1.29, 1.82) is 0 Å². The predicted octanol–water partition coefficient (Wildman–Crippen LogP) is 0.996. The van der Waals surface area contributed by atoms with Crippen molar-refractivity contribution in [2.24, 2.45) is 0 Å². The van der Waals surface area contributed by atoms with Gasteiger partial charge in [0.1, 0.15) is 6.54 Å². The maximum atomic E-state index is 12.1. The third kappa shape index (κ3) is 2.09. The maximum Gasteiger partial charge on any atom is 0.328 e. The summed E-state index contributed by atoms with van der Waals surface area (Å²) in [4.78, 5) is 26.1. The minimum atomic E-state index is -0.0438. The summed E-state index contributed by atoms with van der Waals surface area (Å²) in [6, 6.07) is 0.795. The molecule has 1 heterocycles. The van der Waals surface area contributed by atoms with Crippen LogP contribution in [0.15, 0.2) is 17.2 Å². The lowest BCUT2D eigenvalue weighted by Crippen LogP contribution is -2.37. The van der Waals surface area contributed by atoms with E-state index in [-0.39, 0.29) is 18.1 Å². The van der Waals surface area contributed by atoms with E-state index < -0.39 is 0 Å². The largest absolute Gasteiger partial charge is 0.338 e. The van der Waals surface area contributed by atoms with Gasteiger partial charge in [-0.1, -0.05) is 0 Å². The molecule has 2 aliphatic rings. The van der Waals surface area contributed by atoms with Crippen molar-refractivity contribution in [3.8, 4) is 0 Å². The summed E-state index contributed by atoms with van der Waals surface area (Å²) in [5.74, 6) is 0.0654. The molecule has 0 aliphatic heterocycles. The van der Waals surface area contributed by atoms with Crippen molar-refractivity contribution >= 4 is 5.91 Å². The number of carbonyl (C=O) groups excluding carboxylic acids is 1. The van der Waals surface area contributed by atoms with Gasteiger partial charge in [-0.15, -0.1) is 0 Å². The molecule has 0 spiro atoms. The number of hydrogen-bond acceptors (Lipinski definition) is 2. The Labute approximate surface area is 106 Å². The van der Waals surface area contributed by atoms with Gasteiger partial charge in [0.05, 0.1) is 0 Å². The molecule has 0 saturated heterocycles. The Morgan fingerprint density at radius 3 is 2.61 bits per heavy atom. The second-order valence-electron chi connectivity index (χ2n) is 5.26. The summed E-state index contributed by atoms with van der Waals surface area (Å²) in [6.45, 7) is 2.92. The first-order valence-electron chi connectivity index (χ1n) is 6.77. The molecule has 18 heavy (non-hydrogen) atoms. The molecular formula is C13H19N3O2. The van der Waals surface area contributed by atoms with Crippen molar-refractivity contribution in [2.45, 2.75) is 51.2 Å². The number of aromatic nitrogens is 2. The highest BCUT2D eigenvalue weighted by atomic mass is 16.2. The minimum Gasteiger partial charge on any atom is -0.338 e. The normalized spacial score (nSPS) is 18.9. The van der Waals surface area contributed by atoms with Crippen LogP contribution in [0, 0.1) is 0 Å². The lowest BCUT2D eigenvalue weighted by molar-refractivity contribution is -0.132. The van der Waals surface area contributed by atoms with Crippen LogP contribution >= 0.6 is 0 Å². The van der Waals surface area contributed by atoms with E-state index in [2.05, 4.69) is 0 Å². The first-order chi connectivity index (χ1) is 8.70. The SMILES string of the molecule is CCN(C(=O)Cn1ccn(C2CC2)c1=O)C1CC1. The van der Waals surface area contributed by atoms with Gasteiger partial charge in [0, 0.05) is 31.0 Å². The highest BCUT2D eigenvalue weighted by Gasteiger charge is 2.32. The van der Waals surface area contributed by atoms with E-state index in [0.29, 0.717) is 12.1 Å². The lowest BCUT2D eigenvalue weighted by atomic mass is 10.4. The van der Waals surface area contributed by atoms with Crippen molar-refractivity contribution < 1.29 is 4.79 Å². The molecule has 0 bridgehead atoms. The van der Waals surface area contributed by atoms with E-state index in [9.17, 15) is 9.59 Å². The van der Waals surface area contributed by atoms with Crippen molar-refractivity contribution in [1.82, 2.24) is 14.0 Å². The average Bonchev–Trinajstić information content (AvgIpc) is 3.23. The Morgan fingerprint density at radius 2 is 2.06 bits per heavy atom. The van der Waals surface area contributed by atoms with Gasteiger partial charge in [0.2, 0.25) is 5.91 Å². The fourth-order valence-corrected chi connectivity index (χ4v) is 2.44. The number of likely N-dealkylation sites (N-methyl/N-ethyl adjacent to an activating group) is 1. The molecule has 5 nitrogen and oxygen atoms in total. The van der Waals surface area contributed by atoms with E-state index in [1.165, 1.54) is 4.57 Å². The van der Waals surface area contributed by atoms with Crippen molar-refractivity contribution in [3.63, 3.8) is 0 Å². The van der Waals surface area contributed by atoms with Crippen LogP contribution in [0.25, 0.3) is 0 Å². The van der Waals surface area contributed by atoms with Gasteiger partial charge in [0.15, 0.2) is 0 Å². The number of rotatable bonds is 5. The van der Waals surface area contributed by atoms with E-state index in [1.807, 2.05) is 11.8 Å². The van der Waals surface area contributed by atoms with E-state index in [1.54, 1.807) is 17.0 Å².